The summed E-state index contributed by atoms with van der Waals surface area (Å²) in [6, 6.07) is 20.2. The number of hydrogen-bond donors (Lipinski definition) is 1. The number of hydrogen-bond acceptors (Lipinski definition) is 4. The molecule has 6 nitrogen and oxygen atoms in total. The average molecular weight is 517 g/mol. The highest BCUT2D eigenvalue weighted by Crippen LogP contribution is 2.20. The van der Waals surface area contributed by atoms with E-state index in [4.69, 9.17) is 0 Å². The lowest BCUT2D eigenvalue weighted by molar-refractivity contribution is -0.132. The Morgan fingerprint density at radius 1 is 0.946 bits per heavy atom. The van der Waals surface area contributed by atoms with Crippen LogP contribution in [0.4, 0.5) is 5.69 Å². The van der Waals surface area contributed by atoms with E-state index < -0.39 is 0 Å². The van der Waals surface area contributed by atoms with E-state index in [1.165, 1.54) is 22.3 Å². The first-order chi connectivity index (χ1) is 17.8. The maximum atomic E-state index is 13.7. The molecule has 0 saturated heterocycles. The summed E-state index contributed by atoms with van der Waals surface area (Å²) in [6.07, 6.45) is 2.76. The fourth-order valence-electron chi connectivity index (χ4n) is 4.49. The van der Waals surface area contributed by atoms with Crippen LogP contribution in [-0.2, 0) is 17.8 Å². The molecule has 37 heavy (non-hydrogen) atoms. The molecule has 2 heterocycles. The smallest absolute Gasteiger partial charge is 0.264 e. The number of H-pyrrole nitrogens is 1. The molecule has 0 aliphatic carbocycles. The number of nitrogens with one attached hydrogen (secondary N) is 1. The minimum absolute atomic E-state index is 0.0397. The molecule has 0 bridgehead atoms. The summed E-state index contributed by atoms with van der Waals surface area (Å²) in [5, 5.41) is 3.08. The number of carbonyl (C=O) groups is 2. The number of carbonyl (C=O) groups excluding carboxylic acids is 2. The van der Waals surface area contributed by atoms with Gasteiger partial charge in [-0.05, 0) is 53.1 Å². The molecule has 2 amide bonds. The van der Waals surface area contributed by atoms with Crippen LogP contribution >= 0.6 is 11.3 Å². The second kappa shape index (κ2) is 12.1. The average Bonchev–Trinajstić information content (AvgIpc) is 3.56. The van der Waals surface area contributed by atoms with Crippen LogP contribution in [0.2, 0.25) is 0 Å². The molecule has 4 rings (SSSR count). The number of anilines is 1. The lowest BCUT2D eigenvalue weighted by atomic mass is 10.1. The first-order valence-electron chi connectivity index (χ1n) is 12.7. The highest BCUT2D eigenvalue weighted by atomic mass is 32.1. The van der Waals surface area contributed by atoms with Crippen molar-refractivity contribution >= 4 is 39.7 Å². The van der Waals surface area contributed by atoms with Crippen LogP contribution in [-0.4, -0.2) is 60.3 Å². The molecule has 1 N–H and O–H groups in total. The van der Waals surface area contributed by atoms with Crippen molar-refractivity contribution in [2.24, 2.45) is 5.92 Å². The van der Waals surface area contributed by atoms with Crippen LogP contribution in [0.5, 0.6) is 0 Å². The van der Waals surface area contributed by atoms with Crippen molar-refractivity contribution in [2.45, 2.75) is 26.8 Å². The summed E-state index contributed by atoms with van der Waals surface area (Å²) >= 11 is 1.41. The predicted molar refractivity (Wildman–Crippen MR) is 153 cm³/mol. The van der Waals surface area contributed by atoms with E-state index in [1.807, 2.05) is 54.8 Å². The summed E-state index contributed by atoms with van der Waals surface area (Å²) in [5.41, 5.74) is 4.47. The van der Waals surface area contributed by atoms with Gasteiger partial charge in [-0.25, -0.2) is 0 Å². The SMILES string of the molecule is CC(C)CN(CC(=O)N(CCc1c[nH]c2ccccc12)Cc1ccc(N(C)C)cc1)C(=O)c1cccs1. The number of rotatable bonds is 11. The Hall–Kier alpha value is -3.58. The molecule has 2 aromatic carbocycles. The summed E-state index contributed by atoms with van der Waals surface area (Å²) in [4.78, 5) is 36.6. The zero-order chi connectivity index (χ0) is 26.4. The molecular weight excluding hydrogens is 480 g/mol. The van der Waals surface area contributed by atoms with Gasteiger partial charge >= 0.3 is 0 Å². The Morgan fingerprint density at radius 2 is 1.70 bits per heavy atom. The fourth-order valence-corrected chi connectivity index (χ4v) is 5.18. The Morgan fingerprint density at radius 3 is 2.38 bits per heavy atom. The van der Waals surface area contributed by atoms with Crippen molar-refractivity contribution in [1.82, 2.24) is 14.8 Å². The Balaban J connectivity index is 1.54. The van der Waals surface area contributed by atoms with E-state index in [9.17, 15) is 9.59 Å². The van der Waals surface area contributed by atoms with Gasteiger partial charge in [0.25, 0.3) is 5.91 Å². The number of nitrogens with zero attached hydrogens (tertiary/aromatic N) is 3. The van der Waals surface area contributed by atoms with Gasteiger partial charge in [0, 0.05) is 56.5 Å². The molecule has 0 spiro atoms. The molecule has 0 aliphatic rings. The summed E-state index contributed by atoms with van der Waals surface area (Å²) < 4.78 is 0. The van der Waals surface area contributed by atoms with E-state index in [1.54, 1.807) is 4.90 Å². The van der Waals surface area contributed by atoms with Crippen molar-refractivity contribution in [3.05, 3.63) is 88.2 Å². The highest BCUT2D eigenvalue weighted by molar-refractivity contribution is 7.12. The number of fused-ring (bicyclic) bond motifs is 1. The van der Waals surface area contributed by atoms with Crippen LogP contribution in [0.3, 0.4) is 0 Å². The normalized spacial score (nSPS) is 11.2. The van der Waals surface area contributed by atoms with Gasteiger partial charge < -0.3 is 19.7 Å². The van der Waals surface area contributed by atoms with Crippen molar-refractivity contribution in [2.75, 3.05) is 38.6 Å². The van der Waals surface area contributed by atoms with E-state index in [-0.39, 0.29) is 24.3 Å². The molecule has 7 heteroatoms. The van der Waals surface area contributed by atoms with Crippen LogP contribution in [0.1, 0.15) is 34.6 Å². The number of para-hydroxylation sites is 1. The molecule has 2 aromatic heterocycles. The van der Waals surface area contributed by atoms with Crippen molar-refractivity contribution in [3.8, 4) is 0 Å². The molecule has 0 fully saturated rings. The quantitative estimate of drug-likeness (QED) is 0.280. The lowest BCUT2D eigenvalue weighted by Crippen LogP contribution is -2.44. The summed E-state index contributed by atoms with van der Waals surface area (Å²) in [5.74, 6) is 0.140. The Labute approximate surface area is 223 Å². The van der Waals surface area contributed by atoms with Gasteiger partial charge in [-0.15, -0.1) is 11.3 Å². The minimum Gasteiger partial charge on any atom is -0.378 e. The number of amides is 2. The molecular formula is C30H36N4O2S. The molecule has 0 atom stereocenters. The van der Waals surface area contributed by atoms with Crippen molar-refractivity contribution in [1.29, 1.82) is 0 Å². The Bertz CT molecular complexity index is 1310. The number of aromatic amines is 1. The summed E-state index contributed by atoms with van der Waals surface area (Å²) in [7, 11) is 4.03. The van der Waals surface area contributed by atoms with Crippen LogP contribution < -0.4 is 4.90 Å². The first kappa shape index (κ1) is 26.5. The van der Waals surface area contributed by atoms with Gasteiger partial charge in [0.05, 0.1) is 4.88 Å². The molecule has 0 radical (unpaired) electrons. The second-order valence-corrected chi connectivity index (χ2v) is 11.0. The maximum absolute atomic E-state index is 13.7. The molecule has 0 saturated carbocycles. The van der Waals surface area contributed by atoms with E-state index in [0.29, 0.717) is 24.5 Å². The third-order valence-corrected chi connectivity index (χ3v) is 7.29. The number of benzene rings is 2. The molecule has 0 aliphatic heterocycles. The van der Waals surface area contributed by atoms with Gasteiger partial charge in [-0.2, -0.15) is 0 Å². The lowest BCUT2D eigenvalue weighted by Gasteiger charge is -2.29. The van der Waals surface area contributed by atoms with Gasteiger partial charge in [0.15, 0.2) is 0 Å². The van der Waals surface area contributed by atoms with Crippen LogP contribution in [0.25, 0.3) is 10.9 Å². The third kappa shape index (κ3) is 6.80. The zero-order valence-electron chi connectivity index (χ0n) is 22.1. The van der Waals surface area contributed by atoms with Gasteiger partial charge in [0.2, 0.25) is 5.91 Å². The predicted octanol–water partition coefficient (Wildman–Crippen LogP) is 5.67. The van der Waals surface area contributed by atoms with Crippen LogP contribution in [0, 0.1) is 5.92 Å². The number of aromatic nitrogens is 1. The molecule has 0 unspecified atom stereocenters. The minimum atomic E-state index is -0.0797. The fraction of sp³-hybridized carbons (Fsp3) is 0.333. The van der Waals surface area contributed by atoms with Crippen LogP contribution in [0.15, 0.2) is 72.2 Å². The highest BCUT2D eigenvalue weighted by Gasteiger charge is 2.24. The standard InChI is InChI=1S/C30H36N4O2S/c1-22(2)19-34(30(36)28-10-7-17-37-28)21-29(35)33(20-23-11-13-25(14-12-23)32(3)4)16-15-24-18-31-27-9-6-5-8-26(24)27/h5-14,17-18,22,31H,15-16,19-21H2,1-4H3. The largest absolute Gasteiger partial charge is 0.378 e. The van der Waals surface area contributed by atoms with E-state index >= 15 is 0 Å². The second-order valence-electron chi connectivity index (χ2n) is 10.0. The molecule has 194 valence electrons. The maximum Gasteiger partial charge on any atom is 0.264 e. The van der Waals surface area contributed by atoms with Gasteiger partial charge in [0.1, 0.15) is 6.54 Å². The van der Waals surface area contributed by atoms with Gasteiger partial charge in [-0.3, -0.25) is 9.59 Å². The van der Waals surface area contributed by atoms with Crippen molar-refractivity contribution < 1.29 is 9.59 Å². The monoisotopic (exact) mass is 516 g/mol. The topological polar surface area (TPSA) is 59.7 Å². The first-order valence-corrected chi connectivity index (χ1v) is 13.6. The Kier molecular flexibility index (Phi) is 8.66. The summed E-state index contributed by atoms with van der Waals surface area (Å²) in [6.45, 7) is 5.81. The van der Waals surface area contributed by atoms with E-state index in [2.05, 4.69) is 60.1 Å². The van der Waals surface area contributed by atoms with Gasteiger partial charge in [-0.1, -0.05) is 50.2 Å². The number of thiophene rings is 1. The zero-order valence-corrected chi connectivity index (χ0v) is 22.9. The van der Waals surface area contributed by atoms with E-state index in [0.717, 1.165) is 23.2 Å². The molecule has 4 aromatic rings. The third-order valence-electron chi connectivity index (χ3n) is 6.44. The van der Waals surface area contributed by atoms with Crippen molar-refractivity contribution in [3.63, 3.8) is 0 Å².